The van der Waals surface area contributed by atoms with Crippen molar-refractivity contribution in [2.75, 3.05) is 26.7 Å². The number of carbonyl (C=O) groups excluding carboxylic acids is 1. The van der Waals surface area contributed by atoms with Gasteiger partial charge in [0.15, 0.2) is 0 Å². The average molecular weight is 532 g/mol. The lowest BCUT2D eigenvalue weighted by molar-refractivity contribution is -0.130. The van der Waals surface area contributed by atoms with E-state index in [1.165, 1.54) is 0 Å². The monoisotopic (exact) mass is 530 g/mol. The first-order valence-corrected chi connectivity index (χ1v) is 13.0. The zero-order valence-electron chi connectivity index (χ0n) is 18.9. The van der Waals surface area contributed by atoms with Gasteiger partial charge in [-0.2, -0.15) is 0 Å². The van der Waals surface area contributed by atoms with E-state index in [-0.39, 0.29) is 11.9 Å². The summed E-state index contributed by atoms with van der Waals surface area (Å²) in [4.78, 5) is 16.0. The Hall–Kier alpha value is -1.93. The maximum Gasteiger partial charge on any atom is 0.244 e. The summed E-state index contributed by atoms with van der Waals surface area (Å²) in [5, 5.41) is 17.2. The number of piperidine rings is 1. The minimum Gasteiger partial charge on any atom is -0.497 e. The molecular formula is C26H31BrN2O3S. The number of methoxy groups -OCH3 is 1. The predicted molar refractivity (Wildman–Crippen MR) is 138 cm³/mol. The minimum absolute atomic E-state index is 0.00495. The molecule has 0 radical (unpaired) electrons. The Bertz CT molecular complexity index is 1040. The van der Waals surface area contributed by atoms with Crippen LogP contribution in [0, 0.1) is 0 Å². The van der Waals surface area contributed by atoms with Crippen molar-refractivity contribution in [3.63, 3.8) is 0 Å². The number of fused-ring (bicyclic) bond motifs is 1. The van der Waals surface area contributed by atoms with Crippen LogP contribution in [-0.4, -0.2) is 54.3 Å². The highest BCUT2D eigenvalue weighted by molar-refractivity contribution is 9.10. The number of β-amino-alcohol motifs (C(OH)–C–C–N with tert-alkyl or cyclic N) is 1. The molecule has 0 unspecified atom stereocenters. The van der Waals surface area contributed by atoms with Crippen LogP contribution in [0.3, 0.4) is 0 Å². The zero-order chi connectivity index (χ0) is 23.5. The summed E-state index contributed by atoms with van der Waals surface area (Å²) < 4.78 is 6.51. The molecule has 4 rings (SSSR count). The third-order valence-electron chi connectivity index (χ3n) is 7.07. The number of hydrogen-bond donors (Lipinski definition) is 2. The number of rotatable bonds is 7. The van der Waals surface area contributed by atoms with Crippen molar-refractivity contribution in [3.05, 3.63) is 69.4 Å². The van der Waals surface area contributed by atoms with Crippen LogP contribution in [0.1, 0.15) is 36.1 Å². The van der Waals surface area contributed by atoms with Crippen LogP contribution in [0.25, 0.3) is 6.08 Å². The Kier molecular flexibility index (Phi) is 7.43. The summed E-state index contributed by atoms with van der Waals surface area (Å²) in [5.74, 6) is 0.689. The van der Waals surface area contributed by atoms with Gasteiger partial charge in [0.2, 0.25) is 5.91 Å². The summed E-state index contributed by atoms with van der Waals surface area (Å²) in [6.45, 7) is 6.11. The van der Waals surface area contributed by atoms with Crippen molar-refractivity contribution in [2.24, 2.45) is 0 Å². The molecule has 2 N–H and O–H groups in total. The fraction of sp³-hybridized carbons (Fsp3) is 0.423. The molecule has 2 aliphatic rings. The molecule has 1 aliphatic carbocycles. The van der Waals surface area contributed by atoms with E-state index in [0.717, 1.165) is 46.6 Å². The minimum atomic E-state index is -0.874. The van der Waals surface area contributed by atoms with Gasteiger partial charge in [0, 0.05) is 45.4 Å². The molecule has 1 aromatic heterocycles. The van der Waals surface area contributed by atoms with Crippen LogP contribution in [0.4, 0.5) is 0 Å². The molecule has 2 aromatic rings. The van der Waals surface area contributed by atoms with Gasteiger partial charge in [0.1, 0.15) is 5.75 Å². The molecule has 2 fully saturated rings. The lowest BCUT2D eigenvalue weighted by atomic mass is 9.55. The SMILES string of the molecule is C=CCN1CC[C@@]2(c3cccc(OC)c3)C[C@H](NC(=O)/C=C/c3cc(Br)cs3)CC[C@]2(O)C1. The van der Waals surface area contributed by atoms with Crippen LogP contribution in [0.15, 0.2) is 58.9 Å². The number of thiophene rings is 1. The second kappa shape index (κ2) is 10.1. The van der Waals surface area contributed by atoms with Crippen molar-refractivity contribution < 1.29 is 14.6 Å². The second-order valence-electron chi connectivity index (χ2n) is 9.07. The topological polar surface area (TPSA) is 61.8 Å². The van der Waals surface area contributed by atoms with Crippen LogP contribution in [0.5, 0.6) is 5.75 Å². The number of amides is 1. The largest absolute Gasteiger partial charge is 0.497 e. The molecule has 176 valence electrons. The lowest BCUT2D eigenvalue weighted by Gasteiger charge is -2.58. The third kappa shape index (κ3) is 5.11. The van der Waals surface area contributed by atoms with Gasteiger partial charge in [-0.15, -0.1) is 17.9 Å². The number of nitrogens with one attached hydrogen (secondary N) is 1. The fourth-order valence-corrected chi connectivity index (χ4v) is 6.80. The molecule has 3 atom stereocenters. The summed E-state index contributed by atoms with van der Waals surface area (Å²) in [7, 11) is 1.66. The quantitative estimate of drug-likeness (QED) is 0.400. The number of likely N-dealkylation sites (tertiary alicyclic amines) is 1. The number of hydrogen-bond acceptors (Lipinski definition) is 5. The Balaban J connectivity index is 1.57. The number of nitrogens with zero attached hydrogens (tertiary/aromatic N) is 1. The molecule has 1 aliphatic heterocycles. The molecule has 0 spiro atoms. The summed E-state index contributed by atoms with van der Waals surface area (Å²) in [5.41, 5.74) is -0.237. The predicted octanol–water partition coefficient (Wildman–Crippen LogP) is 4.76. The normalized spacial score (nSPS) is 27.8. The van der Waals surface area contributed by atoms with Gasteiger partial charge in [-0.1, -0.05) is 18.2 Å². The maximum absolute atomic E-state index is 12.7. The molecule has 7 heteroatoms. The maximum atomic E-state index is 12.7. The van der Waals surface area contributed by atoms with E-state index >= 15 is 0 Å². The van der Waals surface area contributed by atoms with Gasteiger partial charge in [-0.3, -0.25) is 9.69 Å². The van der Waals surface area contributed by atoms with Crippen molar-refractivity contribution in [1.29, 1.82) is 0 Å². The van der Waals surface area contributed by atoms with Gasteiger partial charge < -0.3 is 15.2 Å². The summed E-state index contributed by atoms with van der Waals surface area (Å²) in [6.07, 6.45) is 8.23. The van der Waals surface area contributed by atoms with E-state index in [1.54, 1.807) is 24.5 Å². The third-order valence-corrected chi connectivity index (χ3v) is 8.73. The molecule has 2 heterocycles. The number of aliphatic hydroxyl groups is 1. The summed E-state index contributed by atoms with van der Waals surface area (Å²) in [6, 6.07) is 10.0. The number of ether oxygens (including phenoxy) is 1. The van der Waals surface area contributed by atoms with E-state index in [9.17, 15) is 9.90 Å². The van der Waals surface area contributed by atoms with E-state index < -0.39 is 11.0 Å². The van der Waals surface area contributed by atoms with Gasteiger partial charge in [0.25, 0.3) is 0 Å². The molecule has 5 nitrogen and oxygen atoms in total. The highest BCUT2D eigenvalue weighted by Crippen LogP contribution is 2.52. The first-order chi connectivity index (χ1) is 15.9. The van der Waals surface area contributed by atoms with E-state index in [4.69, 9.17) is 4.74 Å². The average Bonchev–Trinajstić information content (AvgIpc) is 3.23. The lowest BCUT2D eigenvalue weighted by Crippen LogP contribution is -2.67. The van der Waals surface area contributed by atoms with Crippen LogP contribution < -0.4 is 10.1 Å². The highest BCUT2D eigenvalue weighted by atomic mass is 79.9. The number of carbonyl (C=O) groups is 1. The molecule has 1 amide bonds. The van der Waals surface area contributed by atoms with Crippen molar-refractivity contribution >= 4 is 39.2 Å². The number of benzene rings is 1. The molecular weight excluding hydrogens is 500 g/mol. The molecule has 1 saturated carbocycles. The first kappa shape index (κ1) is 24.2. The standard InChI is InChI=1S/C26H31BrN2O3S/c1-3-12-29-13-11-25(19-5-4-6-22(14-19)32-2)16-21(9-10-26(25,31)18-29)28-24(30)8-7-23-15-20(27)17-33-23/h3-8,14-15,17,21,31H,1,9-13,16,18H2,2H3,(H,28,30)/b8-7+/t21-,25+,26+/m1/s1. The number of halogens is 1. The molecule has 1 aromatic carbocycles. The van der Waals surface area contributed by atoms with E-state index in [1.807, 2.05) is 41.8 Å². The second-order valence-corrected chi connectivity index (χ2v) is 10.9. The van der Waals surface area contributed by atoms with E-state index in [2.05, 4.69) is 38.8 Å². The molecule has 0 bridgehead atoms. The smallest absolute Gasteiger partial charge is 0.244 e. The van der Waals surface area contributed by atoms with Gasteiger partial charge in [-0.25, -0.2) is 0 Å². The van der Waals surface area contributed by atoms with Crippen molar-refractivity contribution in [3.8, 4) is 5.75 Å². The Labute approximate surface area is 208 Å². The van der Waals surface area contributed by atoms with Gasteiger partial charge in [0.05, 0.1) is 12.7 Å². The Morgan fingerprint density at radius 1 is 1.42 bits per heavy atom. The molecule has 1 saturated heterocycles. The first-order valence-electron chi connectivity index (χ1n) is 11.3. The van der Waals surface area contributed by atoms with Crippen LogP contribution >= 0.6 is 27.3 Å². The Morgan fingerprint density at radius 2 is 2.27 bits per heavy atom. The van der Waals surface area contributed by atoms with Crippen LogP contribution in [0.2, 0.25) is 0 Å². The molecule has 33 heavy (non-hydrogen) atoms. The Morgan fingerprint density at radius 3 is 3.00 bits per heavy atom. The highest BCUT2D eigenvalue weighted by Gasteiger charge is 2.57. The van der Waals surface area contributed by atoms with Crippen molar-refractivity contribution in [1.82, 2.24) is 10.2 Å². The summed E-state index contributed by atoms with van der Waals surface area (Å²) >= 11 is 5.03. The van der Waals surface area contributed by atoms with E-state index in [0.29, 0.717) is 19.4 Å². The van der Waals surface area contributed by atoms with Crippen LogP contribution in [-0.2, 0) is 10.2 Å². The van der Waals surface area contributed by atoms with Gasteiger partial charge in [-0.05, 0) is 78.0 Å². The zero-order valence-corrected chi connectivity index (χ0v) is 21.3. The van der Waals surface area contributed by atoms with Crippen molar-refractivity contribution in [2.45, 2.75) is 42.7 Å². The van der Waals surface area contributed by atoms with Gasteiger partial charge >= 0.3 is 0 Å². The fourth-order valence-electron chi connectivity index (χ4n) is 5.46.